The Morgan fingerprint density at radius 2 is 2.10 bits per heavy atom. The first kappa shape index (κ1) is 15.3. The summed E-state index contributed by atoms with van der Waals surface area (Å²) in [6.07, 6.45) is 0.905. The first-order valence-electron chi connectivity index (χ1n) is 6.70. The topological polar surface area (TPSA) is 68.7 Å². The standard InChI is InChI=1S/C15H17NO4S/c1-3-14-16-11(9-21-14)8-20-12-6-5-10(15(17)18)7-13(12)19-4-2/h5-7,9H,3-4,8H2,1-2H3,(H,17,18). The maximum absolute atomic E-state index is 11.0. The van der Waals surface area contributed by atoms with Crippen LogP contribution in [0.25, 0.3) is 0 Å². The molecule has 2 rings (SSSR count). The van der Waals surface area contributed by atoms with Gasteiger partial charge in [0.15, 0.2) is 11.5 Å². The van der Waals surface area contributed by atoms with Crippen molar-refractivity contribution in [3.05, 3.63) is 39.8 Å². The van der Waals surface area contributed by atoms with E-state index in [9.17, 15) is 4.79 Å². The molecule has 1 heterocycles. The van der Waals surface area contributed by atoms with Gasteiger partial charge in [-0.15, -0.1) is 11.3 Å². The number of rotatable bonds is 7. The largest absolute Gasteiger partial charge is 0.490 e. The van der Waals surface area contributed by atoms with Crippen LogP contribution in [-0.2, 0) is 13.0 Å². The Kier molecular flexibility index (Phi) is 5.16. The van der Waals surface area contributed by atoms with Crippen LogP contribution in [0.5, 0.6) is 11.5 Å². The molecule has 0 aliphatic rings. The summed E-state index contributed by atoms with van der Waals surface area (Å²) >= 11 is 1.61. The van der Waals surface area contributed by atoms with Crippen molar-refractivity contribution < 1.29 is 19.4 Å². The Balaban J connectivity index is 2.12. The number of carboxylic acids is 1. The number of thiazole rings is 1. The van der Waals surface area contributed by atoms with Gasteiger partial charge in [0, 0.05) is 5.38 Å². The molecule has 0 spiro atoms. The third kappa shape index (κ3) is 3.95. The number of aromatic carboxylic acids is 1. The Bertz CT molecular complexity index is 624. The second-order valence-corrected chi connectivity index (χ2v) is 5.22. The van der Waals surface area contributed by atoms with Gasteiger partial charge < -0.3 is 14.6 Å². The highest BCUT2D eigenvalue weighted by molar-refractivity contribution is 7.09. The van der Waals surface area contributed by atoms with E-state index in [-0.39, 0.29) is 5.56 Å². The third-order valence-electron chi connectivity index (χ3n) is 2.77. The number of ether oxygens (including phenoxy) is 2. The van der Waals surface area contributed by atoms with E-state index in [0.29, 0.717) is 24.7 Å². The lowest BCUT2D eigenvalue weighted by Gasteiger charge is -2.11. The lowest BCUT2D eigenvalue weighted by Crippen LogP contribution is -2.03. The molecule has 2 aromatic rings. The highest BCUT2D eigenvalue weighted by Crippen LogP contribution is 2.29. The zero-order chi connectivity index (χ0) is 15.2. The van der Waals surface area contributed by atoms with Gasteiger partial charge in [-0.2, -0.15) is 0 Å². The van der Waals surface area contributed by atoms with Gasteiger partial charge in [-0.25, -0.2) is 9.78 Å². The van der Waals surface area contributed by atoms with E-state index >= 15 is 0 Å². The van der Waals surface area contributed by atoms with Gasteiger partial charge in [-0.3, -0.25) is 0 Å². The predicted octanol–water partition coefficient (Wildman–Crippen LogP) is 3.38. The molecule has 0 saturated heterocycles. The number of carboxylic acid groups (broad SMARTS) is 1. The summed E-state index contributed by atoms with van der Waals surface area (Å²) in [4.78, 5) is 15.4. The summed E-state index contributed by atoms with van der Waals surface area (Å²) in [6.45, 7) is 4.67. The van der Waals surface area contributed by atoms with Gasteiger partial charge >= 0.3 is 5.97 Å². The quantitative estimate of drug-likeness (QED) is 0.849. The Morgan fingerprint density at radius 3 is 2.71 bits per heavy atom. The molecule has 5 nitrogen and oxygen atoms in total. The van der Waals surface area contributed by atoms with Crippen LogP contribution in [0, 0.1) is 0 Å². The monoisotopic (exact) mass is 307 g/mol. The average Bonchev–Trinajstić information content (AvgIpc) is 2.94. The molecule has 0 saturated carbocycles. The molecule has 0 fully saturated rings. The van der Waals surface area contributed by atoms with Crippen LogP contribution >= 0.6 is 11.3 Å². The molecular weight excluding hydrogens is 290 g/mol. The number of hydrogen-bond acceptors (Lipinski definition) is 5. The van der Waals surface area contributed by atoms with E-state index in [0.717, 1.165) is 17.1 Å². The van der Waals surface area contributed by atoms with Crippen LogP contribution in [0.2, 0.25) is 0 Å². The van der Waals surface area contributed by atoms with Gasteiger partial charge in [-0.1, -0.05) is 6.92 Å². The van der Waals surface area contributed by atoms with Crippen molar-refractivity contribution >= 4 is 17.3 Å². The maximum Gasteiger partial charge on any atom is 0.335 e. The second kappa shape index (κ2) is 7.08. The number of carbonyl (C=O) groups is 1. The zero-order valence-electron chi connectivity index (χ0n) is 12.0. The first-order chi connectivity index (χ1) is 10.1. The van der Waals surface area contributed by atoms with Crippen LogP contribution in [0.4, 0.5) is 0 Å². The molecule has 112 valence electrons. The molecular formula is C15H17NO4S. The van der Waals surface area contributed by atoms with Crippen molar-refractivity contribution in [2.24, 2.45) is 0 Å². The average molecular weight is 307 g/mol. The van der Waals surface area contributed by atoms with Crippen molar-refractivity contribution in [3.8, 4) is 11.5 Å². The van der Waals surface area contributed by atoms with E-state index in [1.165, 1.54) is 12.1 Å². The Morgan fingerprint density at radius 1 is 1.29 bits per heavy atom. The minimum Gasteiger partial charge on any atom is -0.490 e. The SMILES string of the molecule is CCOc1cc(C(=O)O)ccc1OCc1csc(CC)n1. The lowest BCUT2D eigenvalue weighted by molar-refractivity contribution is 0.0696. The number of aryl methyl sites for hydroxylation is 1. The number of hydrogen-bond donors (Lipinski definition) is 1. The highest BCUT2D eigenvalue weighted by atomic mass is 32.1. The van der Waals surface area contributed by atoms with Crippen LogP contribution in [0.3, 0.4) is 0 Å². The van der Waals surface area contributed by atoms with E-state index in [1.807, 2.05) is 12.3 Å². The lowest BCUT2D eigenvalue weighted by atomic mass is 10.2. The minimum atomic E-state index is -0.991. The van der Waals surface area contributed by atoms with Crippen LogP contribution in [0.15, 0.2) is 23.6 Å². The smallest absolute Gasteiger partial charge is 0.335 e. The van der Waals surface area contributed by atoms with Crippen LogP contribution in [0.1, 0.15) is 34.9 Å². The molecule has 0 amide bonds. The predicted molar refractivity (Wildman–Crippen MR) is 80.4 cm³/mol. The molecule has 21 heavy (non-hydrogen) atoms. The summed E-state index contributed by atoms with van der Waals surface area (Å²) in [5, 5.41) is 12.0. The van der Waals surface area contributed by atoms with Gasteiger partial charge in [0.25, 0.3) is 0 Å². The van der Waals surface area contributed by atoms with Crippen LogP contribution in [-0.4, -0.2) is 22.7 Å². The molecule has 0 aliphatic carbocycles. The van der Waals surface area contributed by atoms with Crippen molar-refractivity contribution in [2.75, 3.05) is 6.61 Å². The molecule has 0 aliphatic heterocycles. The fourth-order valence-corrected chi connectivity index (χ4v) is 2.49. The second-order valence-electron chi connectivity index (χ2n) is 4.27. The number of nitrogens with zero attached hydrogens (tertiary/aromatic N) is 1. The van der Waals surface area contributed by atoms with Gasteiger partial charge in [0.2, 0.25) is 0 Å². The molecule has 1 aromatic carbocycles. The molecule has 1 N–H and O–H groups in total. The molecule has 0 bridgehead atoms. The normalized spacial score (nSPS) is 10.4. The van der Waals surface area contributed by atoms with E-state index in [2.05, 4.69) is 11.9 Å². The third-order valence-corrected chi connectivity index (χ3v) is 3.81. The van der Waals surface area contributed by atoms with Gasteiger partial charge in [-0.05, 0) is 31.5 Å². The molecule has 0 radical (unpaired) electrons. The molecule has 0 unspecified atom stereocenters. The van der Waals surface area contributed by atoms with Crippen molar-refractivity contribution in [1.82, 2.24) is 4.98 Å². The fourth-order valence-electron chi connectivity index (χ4n) is 1.76. The van der Waals surface area contributed by atoms with Crippen molar-refractivity contribution in [2.45, 2.75) is 26.9 Å². The number of benzene rings is 1. The van der Waals surface area contributed by atoms with Crippen molar-refractivity contribution in [1.29, 1.82) is 0 Å². The highest BCUT2D eigenvalue weighted by Gasteiger charge is 2.11. The minimum absolute atomic E-state index is 0.174. The Hall–Kier alpha value is -2.08. The molecule has 0 atom stereocenters. The Labute approximate surface area is 127 Å². The summed E-state index contributed by atoms with van der Waals surface area (Å²) in [7, 11) is 0. The fraction of sp³-hybridized carbons (Fsp3) is 0.333. The van der Waals surface area contributed by atoms with Gasteiger partial charge in [0.1, 0.15) is 6.61 Å². The van der Waals surface area contributed by atoms with Gasteiger partial charge in [0.05, 0.1) is 22.9 Å². The maximum atomic E-state index is 11.0. The van der Waals surface area contributed by atoms with E-state index in [4.69, 9.17) is 14.6 Å². The number of aromatic nitrogens is 1. The zero-order valence-corrected chi connectivity index (χ0v) is 12.8. The van der Waals surface area contributed by atoms with E-state index in [1.54, 1.807) is 17.4 Å². The molecule has 6 heteroatoms. The van der Waals surface area contributed by atoms with E-state index < -0.39 is 5.97 Å². The molecule has 1 aromatic heterocycles. The summed E-state index contributed by atoms with van der Waals surface area (Å²) in [6, 6.07) is 4.58. The summed E-state index contributed by atoms with van der Waals surface area (Å²) in [5.74, 6) is -0.0363. The van der Waals surface area contributed by atoms with Crippen LogP contribution < -0.4 is 9.47 Å². The van der Waals surface area contributed by atoms with Crippen molar-refractivity contribution in [3.63, 3.8) is 0 Å². The summed E-state index contributed by atoms with van der Waals surface area (Å²) < 4.78 is 11.1. The first-order valence-corrected chi connectivity index (χ1v) is 7.58. The summed E-state index contributed by atoms with van der Waals surface area (Å²) in [5.41, 5.74) is 1.04.